The van der Waals surface area contributed by atoms with Crippen LogP contribution < -0.4 is 4.74 Å². The van der Waals surface area contributed by atoms with Crippen molar-refractivity contribution in [2.75, 3.05) is 0 Å². The smallest absolute Gasteiger partial charge is 0.344 e. The summed E-state index contributed by atoms with van der Waals surface area (Å²) >= 11 is 4.25. The van der Waals surface area contributed by atoms with Gasteiger partial charge < -0.3 is 4.74 Å². The number of carbonyl (C=O) groups excluding carboxylic acids is 1. The van der Waals surface area contributed by atoms with Gasteiger partial charge in [-0.3, -0.25) is 0 Å². The second-order valence-electron chi connectivity index (χ2n) is 5.58. The third-order valence-electron chi connectivity index (χ3n) is 4.02. The minimum Gasteiger partial charge on any atom is -0.423 e. The predicted octanol–water partition coefficient (Wildman–Crippen LogP) is 5.50. The Morgan fingerprint density at radius 1 is 0.750 bits per heavy atom. The lowest BCUT2D eigenvalue weighted by Gasteiger charge is -2.11. The Morgan fingerprint density at radius 3 is 1.88 bits per heavy atom. The van der Waals surface area contributed by atoms with Crippen LogP contribution in [0, 0.1) is 0 Å². The molecule has 0 bridgehead atoms. The van der Waals surface area contributed by atoms with Crippen molar-refractivity contribution < 1.29 is 9.53 Å². The standard InChI is InChI=1S/C21H14O2S/c22-21(23-16-9-11-17(24)12-10-16)20-18-7-3-1-5-14(18)13-15-6-2-4-8-19(15)20/h1-13,24H. The van der Waals surface area contributed by atoms with Crippen molar-refractivity contribution in [2.24, 2.45) is 0 Å². The molecule has 0 aliphatic rings. The van der Waals surface area contributed by atoms with Crippen molar-refractivity contribution in [2.45, 2.75) is 4.90 Å². The van der Waals surface area contributed by atoms with E-state index in [0.717, 1.165) is 26.4 Å². The summed E-state index contributed by atoms with van der Waals surface area (Å²) in [6, 6.07) is 24.9. The molecule has 4 aromatic rings. The zero-order valence-corrected chi connectivity index (χ0v) is 13.7. The maximum absolute atomic E-state index is 12.9. The van der Waals surface area contributed by atoms with Crippen molar-refractivity contribution in [3.63, 3.8) is 0 Å². The quantitative estimate of drug-likeness (QED) is 0.227. The van der Waals surface area contributed by atoms with Crippen LogP contribution in [0.4, 0.5) is 0 Å². The SMILES string of the molecule is O=C(Oc1ccc(S)cc1)c1c2ccccc2cc2ccccc12. The van der Waals surface area contributed by atoms with Crippen LogP contribution >= 0.6 is 12.6 Å². The summed E-state index contributed by atoms with van der Waals surface area (Å²) in [7, 11) is 0. The fourth-order valence-corrected chi connectivity index (χ4v) is 3.05. The molecular formula is C21H14O2S. The van der Waals surface area contributed by atoms with E-state index in [4.69, 9.17) is 4.74 Å². The monoisotopic (exact) mass is 330 g/mol. The van der Waals surface area contributed by atoms with Crippen LogP contribution in [0.5, 0.6) is 5.75 Å². The summed E-state index contributed by atoms with van der Waals surface area (Å²) in [6.07, 6.45) is 0. The first-order valence-electron chi connectivity index (χ1n) is 7.64. The molecule has 0 N–H and O–H groups in total. The number of esters is 1. The van der Waals surface area contributed by atoms with Gasteiger partial charge in [0, 0.05) is 4.90 Å². The number of carbonyl (C=O) groups is 1. The maximum Gasteiger partial charge on any atom is 0.344 e. The molecule has 0 spiro atoms. The first kappa shape index (κ1) is 14.8. The fraction of sp³-hybridized carbons (Fsp3) is 0. The predicted molar refractivity (Wildman–Crippen MR) is 100 cm³/mol. The number of hydrogen-bond acceptors (Lipinski definition) is 3. The average molecular weight is 330 g/mol. The molecule has 0 aliphatic carbocycles. The molecule has 0 heterocycles. The van der Waals surface area contributed by atoms with Crippen LogP contribution in [0.25, 0.3) is 21.5 Å². The normalized spacial score (nSPS) is 10.9. The van der Waals surface area contributed by atoms with E-state index in [1.54, 1.807) is 24.3 Å². The zero-order valence-electron chi connectivity index (χ0n) is 12.8. The lowest BCUT2D eigenvalue weighted by molar-refractivity contribution is 0.0739. The number of rotatable bonds is 2. The number of hydrogen-bond donors (Lipinski definition) is 1. The van der Waals surface area contributed by atoms with Crippen LogP contribution in [0.3, 0.4) is 0 Å². The van der Waals surface area contributed by atoms with Gasteiger partial charge in [-0.05, 0) is 51.9 Å². The van der Waals surface area contributed by atoms with E-state index in [9.17, 15) is 4.79 Å². The highest BCUT2D eigenvalue weighted by Gasteiger charge is 2.16. The van der Waals surface area contributed by atoms with Crippen molar-refractivity contribution in [1.82, 2.24) is 0 Å². The van der Waals surface area contributed by atoms with Gasteiger partial charge in [0.05, 0.1) is 5.56 Å². The van der Waals surface area contributed by atoms with E-state index in [1.807, 2.05) is 48.5 Å². The Morgan fingerprint density at radius 2 is 1.29 bits per heavy atom. The second kappa shape index (κ2) is 6.02. The minimum atomic E-state index is -0.352. The number of fused-ring (bicyclic) bond motifs is 2. The van der Waals surface area contributed by atoms with Gasteiger partial charge in [-0.1, -0.05) is 48.5 Å². The van der Waals surface area contributed by atoms with Crippen LogP contribution in [0.1, 0.15) is 10.4 Å². The molecule has 116 valence electrons. The molecule has 0 fully saturated rings. The third kappa shape index (κ3) is 2.63. The van der Waals surface area contributed by atoms with Crippen molar-refractivity contribution >= 4 is 40.1 Å². The van der Waals surface area contributed by atoms with E-state index in [2.05, 4.69) is 18.7 Å². The number of ether oxygens (including phenoxy) is 1. The van der Waals surface area contributed by atoms with Crippen LogP contribution in [0.2, 0.25) is 0 Å². The van der Waals surface area contributed by atoms with Crippen LogP contribution in [-0.4, -0.2) is 5.97 Å². The Kier molecular flexibility index (Phi) is 3.71. The van der Waals surface area contributed by atoms with Crippen molar-refractivity contribution in [1.29, 1.82) is 0 Å². The van der Waals surface area contributed by atoms with Crippen molar-refractivity contribution in [3.05, 3.63) is 84.4 Å². The lowest BCUT2D eigenvalue weighted by atomic mass is 9.97. The largest absolute Gasteiger partial charge is 0.423 e. The van der Waals surface area contributed by atoms with Gasteiger partial charge in [0.2, 0.25) is 0 Å². The molecule has 3 heteroatoms. The summed E-state index contributed by atoms with van der Waals surface area (Å²) < 4.78 is 5.60. The maximum atomic E-state index is 12.9. The van der Waals surface area contributed by atoms with Gasteiger partial charge in [0.15, 0.2) is 0 Å². The molecule has 0 saturated heterocycles. The van der Waals surface area contributed by atoms with Gasteiger partial charge in [-0.15, -0.1) is 12.6 Å². The summed E-state index contributed by atoms with van der Waals surface area (Å²) in [4.78, 5) is 13.7. The molecule has 24 heavy (non-hydrogen) atoms. The molecular weight excluding hydrogens is 316 g/mol. The second-order valence-corrected chi connectivity index (χ2v) is 6.09. The minimum absolute atomic E-state index is 0.352. The Balaban J connectivity index is 1.89. The number of thiol groups is 1. The summed E-state index contributed by atoms with van der Waals surface area (Å²) in [5, 5.41) is 3.83. The Hall–Kier alpha value is -2.78. The molecule has 0 unspecified atom stereocenters. The van der Waals surface area contributed by atoms with Crippen molar-refractivity contribution in [3.8, 4) is 5.75 Å². The lowest BCUT2D eigenvalue weighted by Crippen LogP contribution is -2.10. The van der Waals surface area contributed by atoms with Crippen LogP contribution in [0.15, 0.2) is 83.8 Å². The molecule has 0 saturated carbocycles. The highest BCUT2D eigenvalue weighted by Crippen LogP contribution is 2.29. The van der Waals surface area contributed by atoms with Gasteiger partial charge in [-0.2, -0.15) is 0 Å². The van der Waals surface area contributed by atoms with E-state index in [0.29, 0.717) is 11.3 Å². The fourth-order valence-electron chi connectivity index (χ4n) is 2.91. The molecule has 0 atom stereocenters. The Bertz CT molecular complexity index is 998. The zero-order chi connectivity index (χ0) is 16.5. The van der Waals surface area contributed by atoms with Gasteiger partial charge in [0.25, 0.3) is 0 Å². The summed E-state index contributed by atoms with van der Waals surface area (Å²) in [5.74, 6) is 0.157. The van der Waals surface area contributed by atoms with E-state index < -0.39 is 0 Å². The Labute approximate surface area is 145 Å². The molecule has 2 nitrogen and oxygen atoms in total. The summed E-state index contributed by atoms with van der Waals surface area (Å²) in [6.45, 7) is 0. The van der Waals surface area contributed by atoms with E-state index in [1.165, 1.54) is 0 Å². The van der Waals surface area contributed by atoms with E-state index >= 15 is 0 Å². The first-order valence-corrected chi connectivity index (χ1v) is 8.09. The molecule has 4 aromatic carbocycles. The third-order valence-corrected chi connectivity index (χ3v) is 4.32. The molecule has 0 aromatic heterocycles. The first-order chi connectivity index (χ1) is 11.7. The molecule has 0 aliphatic heterocycles. The molecule has 0 radical (unpaired) electrons. The van der Waals surface area contributed by atoms with Gasteiger partial charge in [0.1, 0.15) is 5.75 Å². The van der Waals surface area contributed by atoms with Crippen LogP contribution in [-0.2, 0) is 0 Å². The highest BCUT2D eigenvalue weighted by molar-refractivity contribution is 7.80. The highest BCUT2D eigenvalue weighted by atomic mass is 32.1. The molecule has 4 rings (SSSR count). The van der Waals surface area contributed by atoms with Gasteiger partial charge >= 0.3 is 5.97 Å². The summed E-state index contributed by atoms with van der Waals surface area (Å²) in [5.41, 5.74) is 0.596. The topological polar surface area (TPSA) is 26.3 Å². The number of benzene rings is 4. The molecule has 0 amide bonds. The van der Waals surface area contributed by atoms with E-state index in [-0.39, 0.29) is 5.97 Å². The average Bonchev–Trinajstić information content (AvgIpc) is 2.61. The van der Waals surface area contributed by atoms with Gasteiger partial charge in [-0.25, -0.2) is 4.79 Å².